The van der Waals surface area contributed by atoms with Gasteiger partial charge in [-0.3, -0.25) is 14.6 Å². The van der Waals surface area contributed by atoms with Crippen molar-refractivity contribution in [3.63, 3.8) is 0 Å². The molecule has 291 valence electrons. The second-order valence-corrected chi connectivity index (χ2v) is 20.3. The number of carbonyl (C=O) groups excluding carboxylic acids is 1. The Morgan fingerprint density at radius 1 is 0.667 bits per heavy atom. The molecule has 1 heterocycles. The molecule has 0 unspecified atom stereocenters. The Balaban J connectivity index is 0.000000765. The monoisotopic (exact) mass is 899 g/mol. The Morgan fingerprint density at radius 3 is 1.39 bits per heavy atom. The maximum absolute atomic E-state index is 12.6. The zero-order valence-corrected chi connectivity index (χ0v) is 35.9. The van der Waals surface area contributed by atoms with Crippen molar-refractivity contribution in [1.82, 2.24) is 0 Å². The minimum atomic E-state index is -5.29. The van der Waals surface area contributed by atoms with E-state index in [1.807, 2.05) is 0 Å². The van der Waals surface area contributed by atoms with E-state index in [-0.39, 0.29) is 60.3 Å². The summed E-state index contributed by atoms with van der Waals surface area (Å²) in [4.78, 5) is 44.0. The van der Waals surface area contributed by atoms with Gasteiger partial charge in [0.15, 0.2) is 5.56 Å². The van der Waals surface area contributed by atoms with Crippen LogP contribution in [0, 0.1) is 49.4 Å². The van der Waals surface area contributed by atoms with Crippen LogP contribution >= 0.6 is 15.0 Å². The molecule has 0 fully saturated rings. The summed E-state index contributed by atoms with van der Waals surface area (Å²) in [5.41, 5.74) is -3.03. The van der Waals surface area contributed by atoms with Crippen molar-refractivity contribution >= 4 is 42.5 Å². The van der Waals surface area contributed by atoms with Crippen LogP contribution in [0.4, 0.5) is 13.2 Å². The number of benzene rings is 2. The van der Waals surface area contributed by atoms with Crippen molar-refractivity contribution in [2.75, 3.05) is 37.0 Å². The molecule has 3 aromatic rings. The summed E-state index contributed by atoms with van der Waals surface area (Å²) in [5.74, 6) is -3.46. The minimum absolute atomic E-state index is 0. The van der Waals surface area contributed by atoms with Gasteiger partial charge in [0.2, 0.25) is 0 Å². The number of carbonyl (C=O) groups is 1. The molecule has 12 heteroatoms. The molecule has 2 aromatic carbocycles. The Labute approximate surface area is 346 Å². The van der Waals surface area contributed by atoms with E-state index in [1.165, 1.54) is 83.1 Å². The quantitative estimate of drug-likeness (QED) is 0.0479. The first-order chi connectivity index (χ1) is 23.7. The van der Waals surface area contributed by atoms with Crippen LogP contribution in [0.5, 0.6) is 5.75 Å². The number of halogens is 3. The number of Topliss-reactive ketones (excluding diaryl/α,β-unsaturated/α-hetero) is 1. The number of rotatable bonds is 19. The van der Waals surface area contributed by atoms with E-state index in [9.17, 15) is 37.7 Å². The van der Waals surface area contributed by atoms with E-state index in [0.29, 0.717) is 10.8 Å². The Morgan fingerprint density at radius 2 is 1.04 bits per heavy atom. The van der Waals surface area contributed by atoms with E-state index in [4.69, 9.17) is 4.42 Å². The predicted molar refractivity (Wildman–Crippen MR) is 209 cm³/mol. The molecule has 0 saturated heterocycles. The molecule has 0 amide bonds. The van der Waals surface area contributed by atoms with Crippen LogP contribution in [-0.4, -0.2) is 63.8 Å². The van der Waals surface area contributed by atoms with Crippen LogP contribution in [0.15, 0.2) is 45.6 Å². The van der Waals surface area contributed by atoms with Crippen molar-refractivity contribution in [2.24, 2.45) is 0 Å². The number of fused-ring (bicyclic) bond motifs is 3. The van der Waals surface area contributed by atoms with Crippen molar-refractivity contribution in [3.8, 4) is 5.75 Å². The SMILES string of the molecule is CCCC[P+](O)(CCCC)CCCC.CCCC[P+](O)(CCCC)CCCC.O=C(c1c(O)c2c(ccc3ccccc32)oc1=O)C(F)(F)F.[Eu]. The molecule has 3 rings (SSSR count). The molecule has 0 bridgehead atoms. The summed E-state index contributed by atoms with van der Waals surface area (Å²) < 4.78 is 42.5. The molecule has 0 saturated carbocycles. The molecule has 0 spiro atoms. The second kappa shape index (κ2) is 26.4. The normalized spacial score (nSPS) is 11.7. The van der Waals surface area contributed by atoms with Crippen LogP contribution in [0.2, 0.25) is 0 Å². The fourth-order valence-corrected chi connectivity index (χ4v) is 12.5. The van der Waals surface area contributed by atoms with E-state index < -0.39 is 43.9 Å². The molecule has 1 aromatic heterocycles. The number of ketones is 1. The molecule has 51 heavy (non-hydrogen) atoms. The van der Waals surface area contributed by atoms with Crippen molar-refractivity contribution in [1.29, 1.82) is 0 Å². The summed E-state index contributed by atoms with van der Waals surface area (Å²) in [6.07, 6.45) is 16.1. The third-order valence-electron chi connectivity index (χ3n) is 8.82. The molecule has 0 aliphatic carbocycles. The van der Waals surface area contributed by atoms with Crippen LogP contribution in [0.3, 0.4) is 0 Å². The minimum Gasteiger partial charge on any atom is -0.506 e. The predicted octanol–water partition coefficient (Wildman–Crippen LogP) is 12.0. The van der Waals surface area contributed by atoms with E-state index >= 15 is 0 Å². The zero-order valence-electron chi connectivity index (χ0n) is 31.7. The Kier molecular flexibility index (Phi) is 26.1. The summed E-state index contributed by atoms with van der Waals surface area (Å²) in [7, 11) is -3.04. The Hall–Kier alpha value is -0.466. The molecule has 1 radical (unpaired) electrons. The summed E-state index contributed by atoms with van der Waals surface area (Å²) in [5, 5.41) is 11.0. The fourth-order valence-electron chi connectivity index (χ4n) is 5.68. The van der Waals surface area contributed by atoms with E-state index in [2.05, 4.69) is 41.5 Å². The molecule has 0 aliphatic rings. The second-order valence-electron chi connectivity index (χ2n) is 13.3. The third-order valence-corrected chi connectivity index (χ3v) is 15.7. The molecule has 6 nitrogen and oxygen atoms in total. The molecular weight excluding hydrogens is 835 g/mol. The summed E-state index contributed by atoms with van der Waals surface area (Å²) in [6, 6.07) is 9.46. The average molecular weight is 899 g/mol. The van der Waals surface area contributed by atoms with Crippen LogP contribution in [-0.2, 0) is 0 Å². The maximum atomic E-state index is 12.6. The number of aromatic hydroxyl groups is 1. The van der Waals surface area contributed by atoms with Gasteiger partial charge >= 0.3 is 11.8 Å². The smallest absolute Gasteiger partial charge is 0.455 e. The molecular formula is C39H63EuF3O6P2+2. The topological polar surface area (TPSA) is 108 Å². The van der Waals surface area contributed by atoms with Gasteiger partial charge in [0.25, 0.3) is 5.78 Å². The first-order valence-corrected chi connectivity index (χ1v) is 23.2. The van der Waals surface area contributed by atoms with E-state index in [0.717, 1.165) is 37.0 Å². The first kappa shape index (κ1) is 50.5. The molecule has 3 N–H and O–H groups in total. The van der Waals surface area contributed by atoms with Crippen LogP contribution in [0.25, 0.3) is 21.7 Å². The van der Waals surface area contributed by atoms with Gasteiger partial charge in [-0.1, -0.05) is 110 Å². The number of hydrogen-bond acceptors (Lipinski definition) is 6. The van der Waals surface area contributed by atoms with Crippen molar-refractivity contribution in [2.45, 2.75) is 125 Å². The molecule has 0 atom stereocenters. The van der Waals surface area contributed by atoms with Crippen molar-refractivity contribution < 1.29 is 86.7 Å². The largest absolute Gasteiger partial charge is 0.506 e. The Bertz CT molecular complexity index is 1410. The third kappa shape index (κ3) is 17.7. The van der Waals surface area contributed by atoms with Gasteiger partial charge < -0.3 is 9.52 Å². The van der Waals surface area contributed by atoms with Gasteiger partial charge in [0, 0.05) is 49.4 Å². The van der Waals surface area contributed by atoms with Gasteiger partial charge in [-0.25, -0.2) is 4.79 Å². The summed E-state index contributed by atoms with van der Waals surface area (Å²) >= 11 is 0. The molecule has 0 aliphatic heterocycles. The van der Waals surface area contributed by atoms with Crippen molar-refractivity contribution in [3.05, 3.63) is 52.4 Å². The maximum Gasteiger partial charge on any atom is 0.455 e. The van der Waals surface area contributed by atoms with Gasteiger partial charge in [0.1, 0.15) is 26.3 Å². The van der Waals surface area contributed by atoms with E-state index in [1.54, 1.807) is 30.3 Å². The van der Waals surface area contributed by atoms with Gasteiger partial charge in [0.05, 0.1) is 42.4 Å². The van der Waals surface area contributed by atoms with Gasteiger partial charge in [-0.15, -0.1) is 0 Å². The van der Waals surface area contributed by atoms with Crippen LogP contribution in [0.1, 0.15) is 129 Å². The van der Waals surface area contributed by atoms with Crippen LogP contribution < -0.4 is 5.63 Å². The first-order valence-electron chi connectivity index (χ1n) is 18.6. The number of unbranched alkanes of at least 4 members (excludes halogenated alkanes) is 6. The fraction of sp³-hybridized carbons (Fsp3) is 0.641. The van der Waals surface area contributed by atoms with Gasteiger partial charge in [-0.2, -0.15) is 13.2 Å². The average Bonchev–Trinajstić information content (AvgIpc) is 3.09. The zero-order chi connectivity index (χ0) is 37.8. The van der Waals surface area contributed by atoms with Gasteiger partial charge in [-0.05, 0) is 55.4 Å². The summed E-state index contributed by atoms with van der Waals surface area (Å²) in [6.45, 7) is 13.3. The number of hydrogen-bond donors (Lipinski definition) is 3. The number of alkyl halides is 3. The standard InChI is InChI=1S/C15H7F3O4.2C12H28OP.Eu/c16-15(17,18)13(20)11-12(19)10-8-4-2-1-3-7(8)5-6-9(10)22-14(11)21;2*1-4-7-10-14(13,11-8-5-2)12-9-6-3;/h1-6,19H;2*13H,4-12H2,1-3H3;/q;2*+1;.